The zero-order valence-corrected chi connectivity index (χ0v) is 7.36. The quantitative estimate of drug-likeness (QED) is 0.533. The summed E-state index contributed by atoms with van der Waals surface area (Å²) >= 11 is 0. The van der Waals surface area contributed by atoms with Crippen LogP contribution in [0.2, 0.25) is 0 Å². The molecule has 0 saturated heterocycles. The molecule has 13 heavy (non-hydrogen) atoms. The van der Waals surface area contributed by atoms with Gasteiger partial charge in [0.1, 0.15) is 5.69 Å². The number of methoxy groups -OCH3 is 1. The largest absolute Gasteiger partial charge is 0.469 e. The zero-order valence-electron chi connectivity index (χ0n) is 7.36. The van der Waals surface area contributed by atoms with Crippen LogP contribution < -0.4 is 5.53 Å². The summed E-state index contributed by atoms with van der Waals surface area (Å²) in [4.78, 5) is 10.9. The third kappa shape index (κ3) is 2.66. The van der Waals surface area contributed by atoms with Gasteiger partial charge >= 0.3 is 5.97 Å². The van der Waals surface area contributed by atoms with Crippen LogP contribution in [0.5, 0.6) is 0 Å². The number of nitrogens with two attached hydrogens (primary N) is 1. The van der Waals surface area contributed by atoms with E-state index < -0.39 is 0 Å². The van der Waals surface area contributed by atoms with Gasteiger partial charge in [0.2, 0.25) is 0 Å². The van der Waals surface area contributed by atoms with E-state index >= 15 is 0 Å². The lowest BCUT2D eigenvalue weighted by atomic mass is 10.1. The van der Waals surface area contributed by atoms with Crippen molar-refractivity contribution in [2.45, 2.75) is 6.42 Å². The summed E-state index contributed by atoms with van der Waals surface area (Å²) in [7, 11) is 1.36. The van der Waals surface area contributed by atoms with E-state index in [2.05, 4.69) is 9.85 Å². The van der Waals surface area contributed by atoms with Gasteiger partial charge in [0.25, 0.3) is 0 Å². The maximum atomic E-state index is 10.9. The fourth-order valence-electron chi connectivity index (χ4n) is 0.986. The monoisotopic (exact) mass is 179 g/mol. The normalized spacial score (nSPS) is 9.31. The van der Waals surface area contributed by atoms with Gasteiger partial charge in [-0.2, -0.15) is 5.53 Å². The van der Waals surface area contributed by atoms with Gasteiger partial charge in [-0.15, -0.1) is 0 Å². The topological polar surface area (TPSA) is 64.2 Å². The smallest absolute Gasteiger partial charge is 0.309 e. The molecule has 0 saturated carbocycles. The van der Waals surface area contributed by atoms with Crippen molar-refractivity contribution in [1.82, 2.24) is 0 Å². The molecule has 0 bridgehead atoms. The van der Waals surface area contributed by atoms with Crippen molar-refractivity contribution in [1.29, 1.82) is 0 Å². The molecule has 0 aromatic heterocycles. The Morgan fingerprint density at radius 3 is 3.00 bits per heavy atom. The van der Waals surface area contributed by atoms with Gasteiger partial charge in [-0.1, -0.05) is 12.1 Å². The molecule has 1 rings (SSSR count). The Morgan fingerprint density at radius 2 is 2.38 bits per heavy atom. The Hall–Kier alpha value is -1.71. The molecule has 0 aliphatic carbocycles. The van der Waals surface area contributed by atoms with Crippen LogP contribution in [-0.2, 0) is 16.0 Å². The Labute approximate surface area is 76.0 Å². The van der Waals surface area contributed by atoms with Crippen molar-refractivity contribution >= 4 is 11.7 Å². The maximum absolute atomic E-state index is 10.9. The number of esters is 1. The fraction of sp³-hybridized carbons (Fsp3) is 0.222. The number of hydrogen-bond acceptors (Lipinski definition) is 3. The predicted molar refractivity (Wildman–Crippen MR) is 46.2 cm³/mol. The standard InChI is InChI=1S/C9H10N2O2/c1-13-9(12)6-7-3-2-4-8(5-7)11-10/h2-5,10H,6H2,1H3/p+1. The molecule has 0 spiro atoms. The molecular formula is C9H11N2O2+. The molecule has 0 amide bonds. The molecule has 1 aromatic rings. The third-order valence-corrected chi connectivity index (χ3v) is 1.64. The molecule has 4 nitrogen and oxygen atoms in total. The second-order valence-corrected chi connectivity index (χ2v) is 2.55. The molecule has 4 heteroatoms. The number of benzene rings is 1. The highest BCUT2D eigenvalue weighted by Gasteiger charge is 2.03. The van der Waals surface area contributed by atoms with Crippen molar-refractivity contribution in [3.05, 3.63) is 29.8 Å². The molecule has 0 heterocycles. The molecule has 0 aliphatic rings. The predicted octanol–water partition coefficient (Wildman–Crippen LogP) is 0.245. The van der Waals surface area contributed by atoms with Crippen molar-refractivity contribution < 1.29 is 15.1 Å². The summed E-state index contributed by atoms with van der Waals surface area (Å²) in [6.07, 6.45) is 0.250. The number of rotatable bonds is 3. The number of ether oxygens (including phenoxy) is 1. The minimum atomic E-state index is -0.269. The van der Waals surface area contributed by atoms with Crippen LogP contribution in [0.25, 0.3) is 0 Å². The average molecular weight is 179 g/mol. The van der Waals surface area contributed by atoms with Gasteiger partial charge in [0.15, 0.2) is 0 Å². The molecule has 2 N–H and O–H groups in total. The lowest BCUT2D eigenvalue weighted by Crippen LogP contribution is -2.21. The second kappa shape index (κ2) is 4.35. The Kier molecular flexibility index (Phi) is 3.14. The van der Waals surface area contributed by atoms with Crippen LogP contribution in [0.4, 0.5) is 5.69 Å². The van der Waals surface area contributed by atoms with Crippen molar-refractivity contribution in [3.63, 3.8) is 0 Å². The summed E-state index contributed by atoms with van der Waals surface area (Å²) in [5.41, 5.74) is 6.59. The highest BCUT2D eigenvalue weighted by atomic mass is 16.5. The summed E-state index contributed by atoms with van der Waals surface area (Å²) in [6.45, 7) is 0. The van der Waals surface area contributed by atoms with Gasteiger partial charge in [-0.25, -0.2) is 0 Å². The van der Waals surface area contributed by atoms with E-state index in [-0.39, 0.29) is 12.4 Å². The lowest BCUT2D eigenvalue weighted by Gasteiger charge is -1.98. The first-order valence-electron chi connectivity index (χ1n) is 3.83. The van der Waals surface area contributed by atoms with Gasteiger partial charge in [-0.3, -0.25) is 4.79 Å². The molecule has 0 atom stereocenters. The van der Waals surface area contributed by atoms with Crippen molar-refractivity contribution in [3.8, 4) is 0 Å². The molecule has 1 aromatic carbocycles. The zero-order chi connectivity index (χ0) is 9.68. The first kappa shape index (κ1) is 9.38. The number of carbonyl (C=O) groups excluding carboxylic acids is 1. The average Bonchev–Trinajstić information content (AvgIpc) is 2.18. The number of nitrogens with zero attached hydrogens (tertiary/aromatic N) is 1. The summed E-state index contributed by atoms with van der Waals surface area (Å²) in [5.74, 6) is -0.269. The number of hydrogen-bond donors (Lipinski definition) is 1. The van der Waals surface area contributed by atoms with Crippen LogP contribution in [0, 0.1) is 0 Å². The first-order chi connectivity index (χ1) is 6.26. The minimum Gasteiger partial charge on any atom is -0.469 e. The van der Waals surface area contributed by atoms with E-state index in [1.165, 1.54) is 7.11 Å². The van der Waals surface area contributed by atoms with E-state index in [9.17, 15) is 4.79 Å². The summed E-state index contributed by atoms with van der Waals surface area (Å²) < 4.78 is 4.53. The summed E-state index contributed by atoms with van der Waals surface area (Å²) in [5, 5.41) is 3.51. The fourth-order valence-corrected chi connectivity index (χ4v) is 0.986. The van der Waals surface area contributed by atoms with Crippen LogP contribution >= 0.6 is 0 Å². The first-order valence-corrected chi connectivity index (χ1v) is 3.83. The molecule has 0 radical (unpaired) electrons. The third-order valence-electron chi connectivity index (χ3n) is 1.64. The van der Waals surface area contributed by atoms with E-state index in [0.29, 0.717) is 5.69 Å². The summed E-state index contributed by atoms with van der Waals surface area (Å²) in [6, 6.07) is 7.13. The lowest BCUT2D eigenvalue weighted by molar-refractivity contribution is -0.210. The SMILES string of the molecule is COC(=O)Cc1cccc(N=[NH2+])c1. The van der Waals surface area contributed by atoms with E-state index in [0.717, 1.165) is 5.56 Å². The Bertz CT molecular complexity index is 323. The molecule has 0 aliphatic heterocycles. The Balaban J connectivity index is 2.77. The van der Waals surface area contributed by atoms with Gasteiger partial charge < -0.3 is 4.74 Å². The molecule has 68 valence electrons. The highest BCUT2D eigenvalue weighted by molar-refractivity contribution is 5.72. The van der Waals surface area contributed by atoms with Crippen LogP contribution in [0.15, 0.2) is 29.4 Å². The van der Waals surface area contributed by atoms with Crippen LogP contribution in [0.3, 0.4) is 0 Å². The van der Waals surface area contributed by atoms with Crippen LogP contribution in [-0.4, -0.2) is 13.1 Å². The van der Waals surface area contributed by atoms with Crippen molar-refractivity contribution in [2.24, 2.45) is 5.11 Å². The highest BCUT2D eigenvalue weighted by Crippen LogP contribution is 2.12. The van der Waals surface area contributed by atoms with Crippen molar-refractivity contribution in [2.75, 3.05) is 7.11 Å². The number of carbonyl (C=O) groups is 1. The molecule has 0 unspecified atom stereocenters. The van der Waals surface area contributed by atoms with E-state index in [4.69, 9.17) is 5.53 Å². The maximum Gasteiger partial charge on any atom is 0.309 e. The van der Waals surface area contributed by atoms with E-state index in [1.807, 2.05) is 6.07 Å². The minimum absolute atomic E-state index is 0.250. The van der Waals surface area contributed by atoms with Crippen LogP contribution in [0.1, 0.15) is 5.56 Å². The second-order valence-electron chi connectivity index (χ2n) is 2.55. The molecule has 0 fully saturated rings. The van der Waals surface area contributed by atoms with Gasteiger partial charge in [0, 0.05) is 0 Å². The molecular weight excluding hydrogens is 168 g/mol. The van der Waals surface area contributed by atoms with E-state index in [1.54, 1.807) is 18.2 Å². The van der Waals surface area contributed by atoms with Gasteiger partial charge in [-0.05, 0) is 22.8 Å². The Morgan fingerprint density at radius 1 is 1.62 bits per heavy atom. The van der Waals surface area contributed by atoms with Gasteiger partial charge in [0.05, 0.1) is 13.5 Å².